The normalized spacial score (nSPS) is 13.2. The molecule has 0 aliphatic heterocycles. The number of halogens is 2. The molecule has 0 saturated heterocycles. The van der Waals surface area contributed by atoms with Gasteiger partial charge in [0.1, 0.15) is 18.5 Å². The second-order valence-corrected chi connectivity index (χ2v) is 6.27. The first kappa shape index (κ1) is 20.2. The number of imidazole rings is 1. The summed E-state index contributed by atoms with van der Waals surface area (Å²) in [5.74, 6) is 0.961. The van der Waals surface area contributed by atoms with Gasteiger partial charge in [-0.15, -0.1) is 12.4 Å². The third-order valence-electron chi connectivity index (χ3n) is 4.40. The molecular weight excluding hydrogens is 355 g/mol. The van der Waals surface area contributed by atoms with E-state index in [9.17, 15) is 9.50 Å². The van der Waals surface area contributed by atoms with Gasteiger partial charge in [0.05, 0.1) is 17.6 Å². The third kappa shape index (κ3) is 4.34. The van der Waals surface area contributed by atoms with E-state index in [-0.39, 0.29) is 30.7 Å². The average Bonchev–Trinajstić information content (AvgIpc) is 2.99. The highest BCUT2D eigenvalue weighted by Gasteiger charge is 2.18. The average molecular weight is 379 g/mol. The SMILES string of the molecule is CCC(C)c1nc2ccccc2n1CC(O)COc1ccccc1F.Cl. The van der Waals surface area contributed by atoms with Gasteiger partial charge in [0, 0.05) is 5.92 Å². The zero-order valence-electron chi connectivity index (χ0n) is 14.9. The maximum atomic E-state index is 13.6. The topological polar surface area (TPSA) is 47.3 Å². The predicted molar refractivity (Wildman–Crippen MR) is 104 cm³/mol. The molecule has 0 aliphatic carbocycles. The van der Waals surface area contributed by atoms with Gasteiger partial charge in [-0.3, -0.25) is 0 Å². The van der Waals surface area contributed by atoms with Crippen molar-refractivity contribution in [3.63, 3.8) is 0 Å². The summed E-state index contributed by atoms with van der Waals surface area (Å²) < 4.78 is 21.1. The molecule has 0 saturated carbocycles. The van der Waals surface area contributed by atoms with Crippen LogP contribution < -0.4 is 4.74 Å². The number of aliphatic hydroxyl groups excluding tert-OH is 1. The second-order valence-electron chi connectivity index (χ2n) is 6.27. The zero-order valence-corrected chi connectivity index (χ0v) is 15.7. The van der Waals surface area contributed by atoms with E-state index in [1.54, 1.807) is 18.2 Å². The Morgan fingerprint density at radius 1 is 1.15 bits per heavy atom. The van der Waals surface area contributed by atoms with Crippen LogP contribution in [0.15, 0.2) is 48.5 Å². The van der Waals surface area contributed by atoms with Crippen molar-refractivity contribution in [3.05, 3.63) is 60.2 Å². The van der Waals surface area contributed by atoms with E-state index >= 15 is 0 Å². The molecule has 2 aromatic carbocycles. The van der Waals surface area contributed by atoms with Crippen LogP contribution >= 0.6 is 12.4 Å². The lowest BCUT2D eigenvalue weighted by Crippen LogP contribution is -2.25. The molecule has 3 rings (SSSR count). The molecule has 1 heterocycles. The molecule has 0 radical (unpaired) electrons. The van der Waals surface area contributed by atoms with Gasteiger partial charge in [-0.25, -0.2) is 9.37 Å². The largest absolute Gasteiger partial charge is 0.488 e. The van der Waals surface area contributed by atoms with Crippen LogP contribution in [0.25, 0.3) is 11.0 Å². The fourth-order valence-corrected chi connectivity index (χ4v) is 2.86. The van der Waals surface area contributed by atoms with Gasteiger partial charge in [0.2, 0.25) is 0 Å². The minimum absolute atomic E-state index is 0. The standard InChI is InChI=1S/C20H23FN2O2.ClH/c1-3-14(2)20-22-17-9-5-6-10-18(17)23(20)12-15(24)13-25-19-11-7-4-8-16(19)21;/h4-11,14-15,24H,3,12-13H2,1-2H3;1H. The van der Waals surface area contributed by atoms with Crippen molar-refractivity contribution in [2.24, 2.45) is 0 Å². The molecule has 1 N–H and O–H groups in total. The lowest BCUT2D eigenvalue weighted by atomic mass is 10.1. The smallest absolute Gasteiger partial charge is 0.165 e. The van der Waals surface area contributed by atoms with Crippen molar-refractivity contribution >= 4 is 23.4 Å². The van der Waals surface area contributed by atoms with Crippen LogP contribution in [-0.2, 0) is 6.54 Å². The Kier molecular flexibility index (Phi) is 7.00. The van der Waals surface area contributed by atoms with E-state index in [0.29, 0.717) is 6.54 Å². The number of nitrogens with zero attached hydrogens (tertiary/aromatic N) is 2. The monoisotopic (exact) mass is 378 g/mol. The first-order chi connectivity index (χ1) is 12.1. The Balaban J connectivity index is 0.00000243. The Morgan fingerprint density at radius 2 is 1.85 bits per heavy atom. The van der Waals surface area contributed by atoms with Crippen molar-refractivity contribution in [1.29, 1.82) is 0 Å². The van der Waals surface area contributed by atoms with Crippen LogP contribution in [0.5, 0.6) is 5.75 Å². The Hall–Kier alpha value is -2.11. The molecule has 0 aliphatic rings. The van der Waals surface area contributed by atoms with Gasteiger partial charge in [-0.2, -0.15) is 0 Å². The van der Waals surface area contributed by atoms with Crippen molar-refractivity contribution in [1.82, 2.24) is 9.55 Å². The van der Waals surface area contributed by atoms with Gasteiger partial charge < -0.3 is 14.4 Å². The maximum absolute atomic E-state index is 13.6. The number of hydrogen-bond acceptors (Lipinski definition) is 3. The quantitative estimate of drug-likeness (QED) is 0.656. The number of fused-ring (bicyclic) bond motifs is 1. The summed E-state index contributed by atoms with van der Waals surface area (Å²) in [6, 6.07) is 14.1. The highest BCUT2D eigenvalue weighted by molar-refractivity contribution is 5.85. The Morgan fingerprint density at radius 3 is 2.58 bits per heavy atom. The highest BCUT2D eigenvalue weighted by Crippen LogP contribution is 2.24. The summed E-state index contributed by atoms with van der Waals surface area (Å²) in [4.78, 5) is 4.72. The number of rotatable bonds is 7. The van der Waals surface area contributed by atoms with E-state index < -0.39 is 11.9 Å². The molecule has 26 heavy (non-hydrogen) atoms. The minimum atomic E-state index is -0.764. The number of benzene rings is 2. The molecule has 4 nitrogen and oxygen atoms in total. The summed E-state index contributed by atoms with van der Waals surface area (Å²) >= 11 is 0. The molecule has 0 spiro atoms. The first-order valence-electron chi connectivity index (χ1n) is 8.60. The van der Waals surface area contributed by atoms with Crippen LogP contribution in [0.4, 0.5) is 4.39 Å². The number of para-hydroxylation sites is 3. The molecule has 0 bridgehead atoms. The second kappa shape index (κ2) is 9.01. The van der Waals surface area contributed by atoms with Crippen LogP contribution in [0, 0.1) is 5.82 Å². The summed E-state index contributed by atoms with van der Waals surface area (Å²) in [5.41, 5.74) is 1.91. The lowest BCUT2D eigenvalue weighted by Gasteiger charge is -2.17. The van der Waals surface area contributed by atoms with Crippen molar-refractivity contribution in [2.75, 3.05) is 6.61 Å². The molecule has 1 aromatic heterocycles. The fourth-order valence-electron chi connectivity index (χ4n) is 2.86. The molecular formula is C20H24ClFN2O2. The summed E-state index contributed by atoms with van der Waals surface area (Å²) in [7, 11) is 0. The molecule has 140 valence electrons. The number of ether oxygens (including phenoxy) is 1. The molecule has 0 fully saturated rings. The van der Waals surface area contributed by atoms with Crippen LogP contribution in [0.3, 0.4) is 0 Å². The molecule has 6 heteroatoms. The van der Waals surface area contributed by atoms with Crippen LogP contribution in [-0.4, -0.2) is 27.4 Å². The van der Waals surface area contributed by atoms with Gasteiger partial charge >= 0.3 is 0 Å². The van der Waals surface area contributed by atoms with Gasteiger partial charge in [-0.05, 0) is 30.7 Å². The fraction of sp³-hybridized carbons (Fsp3) is 0.350. The summed E-state index contributed by atoms with van der Waals surface area (Å²) in [5, 5.41) is 10.4. The van der Waals surface area contributed by atoms with E-state index in [4.69, 9.17) is 9.72 Å². The van der Waals surface area contributed by atoms with Crippen molar-refractivity contribution in [2.45, 2.75) is 38.8 Å². The van der Waals surface area contributed by atoms with E-state index in [0.717, 1.165) is 23.3 Å². The van der Waals surface area contributed by atoms with Crippen LogP contribution in [0.2, 0.25) is 0 Å². The first-order valence-corrected chi connectivity index (χ1v) is 8.60. The summed E-state index contributed by atoms with van der Waals surface area (Å²) in [6.07, 6.45) is 0.200. The Bertz CT molecular complexity index is 853. The number of hydrogen-bond donors (Lipinski definition) is 1. The molecule has 0 amide bonds. The maximum Gasteiger partial charge on any atom is 0.165 e. The Labute approximate surface area is 159 Å². The minimum Gasteiger partial charge on any atom is -0.488 e. The van der Waals surface area contributed by atoms with E-state index in [2.05, 4.69) is 13.8 Å². The van der Waals surface area contributed by atoms with Crippen LogP contribution in [0.1, 0.15) is 32.0 Å². The van der Waals surface area contributed by atoms with E-state index in [1.807, 2.05) is 28.8 Å². The molecule has 2 unspecified atom stereocenters. The van der Waals surface area contributed by atoms with Gasteiger partial charge in [0.15, 0.2) is 11.6 Å². The predicted octanol–water partition coefficient (Wildman–Crippen LogP) is 4.55. The summed E-state index contributed by atoms with van der Waals surface area (Å²) in [6.45, 7) is 4.62. The highest BCUT2D eigenvalue weighted by atomic mass is 35.5. The van der Waals surface area contributed by atoms with Crippen molar-refractivity contribution in [3.8, 4) is 5.75 Å². The lowest BCUT2D eigenvalue weighted by molar-refractivity contribution is 0.0905. The third-order valence-corrected chi connectivity index (χ3v) is 4.40. The molecule has 3 aromatic rings. The number of aromatic nitrogens is 2. The van der Waals surface area contributed by atoms with Crippen molar-refractivity contribution < 1.29 is 14.2 Å². The zero-order chi connectivity index (χ0) is 17.8. The molecule has 2 atom stereocenters. The van der Waals surface area contributed by atoms with Gasteiger partial charge in [-0.1, -0.05) is 38.1 Å². The number of aliphatic hydroxyl groups is 1. The van der Waals surface area contributed by atoms with E-state index in [1.165, 1.54) is 6.07 Å². The van der Waals surface area contributed by atoms with Gasteiger partial charge in [0.25, 0.3) is 0 Å².